The minimum Gasteiger partial charge on any atom is -0.413 e. The minimum absolute atomic E-state index is 0.00669. The van der Waals surface area contributed by atoms with Crippen LogP contribution in [0.2, 0.25) is 0 Å². The number of fused-ring (bicyclic) bond motifs is 1. The van der Waals surface area contributed by atoms with Gasteiger partial charge in [-0.1, -0.05) is 30.3 Å². The first-order valence-electron chi connectivity index (χ1n) is 8.42. The molecule has 0 fully saturated rings. The summed E-state index contributed by atoms with van der Waals surface area (Å²) >= 11 is 0. The third kappa shape index (κ3) is 2.59. The maximum atomic E-state index is 12.5. The number of aromatic nitrogens is 2. The highest BCUT2D eigenvalue weighted by atomic mass is 16.7. The van der Waals surface area contributed by atoms with E-state index in [4.69, 9.17) is 4.84 Å². The van der Waals surface area contributed by atoms with Crippen LogP contribution in [0.5, 0.6) is 0 Å². The molecule has 0 aliphatic carbocycles. The lowest BCUT2D eigenvalue weighted by molar-refractivity contribution is 0.122. The molecule has 0 amide bonds. The molecule has 1 aliphatic rings. The summed E-state index contributed by atoms with van der Waals surface area (Å²) in [4.78, 5) is 20.8. The smallest absolute Gasteiger partial charge is 0.326 e. The maximum absolute atomic E-state index is 12.5. The van der Waals surface area contributed by atoms with E-state index in [1.54, 1.807) is 10.6 Å². The lowest BCUT2D eigenvalue weighted by Gasteiger charge is -2.10. The van der Waals surface area contributed by atoms with Gasteiger partial charge >= 0.3 is 5.69 Å². The number of benzene rings is 2. The molecule has 1 unspecified atom stereocenters. The number of nitrogens with zero attached hydrogens (tertiary/aromatic N) is 2. The zero-order valence-corrected chi connectivity index (χ0v) is 14.5. The van der Waals surface area contributed by atoms with Gasteiger partial charge in [0.1, 0.15) is 11.8 Å². The van der Waals surface area contributed by atoms with Gasteiger partial charge in [0.05, 0.1) is 29.2 Å². The SMILES string of the molecule is CC1=C(c2cc(C#N)c3[nH]c(=O)n(Cc4ccccc4)c3c2)C(C)NO1. The van der Waals surface area contributed by atoms with Gasteiger partial charge in [-0.3, -0.25) is 4.57 Å². The molecule has 2 heterocycles. The van der Waals surface area contributed by atoms with Crippen LogP contribution in [0.1, 0.15) is 30.5 Å². The molecule has 0 bridgehead atoms. The van der Waals surface area contributed by atoms with Gasteiger partial charge in [-0.05, 0) is 37.1 Å². The zero-order chi connectivity index (χ0) is 18.3. The Bertz CT molecular complexity index is 1120. The average molecular weight is 346 g/mol. The molecule has 6 nitrogen and oxygen atoms in total. The number of hydroxylamine groups is 1. The van der Waals surface area contributed by atoms with E-state index in [2.05, 4.69) is 16.5 Å². The number of hydrogen-bond acceptors (Lipinski definition) is 4. The van der Waals surface area contributed by atoms with Crippen molar-refractivity contribution in [2.45, 2.75) is 26.4 Å². The molecule has 4 rings (SSSR count). The number of hydrogen-bond donors (Lipinski definition) is 2. The second-order valence-electron chi connectivity index (χ2n) is 6.44. The molecule has 6 heteroatoms. The summed E-state index contributed by atoms with van der Waals surface area (Å²) in [6, 6.07) is 15.7. The third-order valence-electron chi connectivity index (χ3n) is 4.70. The fraction of sp³-hybridized carbons (Fsp3) is 0.200. The molecule has 0 spiro atoms. The summed E-state index contributed by atoms with van der Waals surface area (Å²) in [6.45, 7) is 4.32. The molecule has 0 saturated heterocycles. The Hall–Kier alpha value is -3.30. The Kier molecular flexibility index (Phi) is 3.86. The molecule has 1 aliphatic heterocycles. The van der Waals surface area contributed by atoms with Crippen LogP contribution in [0.15, 0.2) is 53.0 Å². The molecule has 0 radical (unpaired) electrons. The quantitative estimate of drug-likeness (QED) is 0.764. The average Bonchev–Trinajstić information content (AvgIpc) is 3.14. The number of nitriles is 1. The van der Waals surface area contributed by atoms with Gasteiger partial charge in [0, 0.05) is 5.57 Å². The summed E-state index contributed by atoms with van der Waals surface area (Å²) in [7, 11) is 0. The number of H-pyrrole nitrogens is 1. The number of allylic oxidation sites excluding steroid dienone is 1. The first kappa shape index (κ1) is 16.2. The van der Waals surface area contributed by atoms with E-state index in [-0.39, 0.29) is 11.7 Å². The van der Waals surface area contributed by atoms with Crippen LogP contribution in [0.3, 0.4) is 0 Å². The van der Waals surface area contributed by atoms with Gasteiger partial charge in [-0.2, -0.15) is 5.26 Å². The highest BCUT2D eigenvalue weighted by molar-refractivity contribution is 5.87. The minimum atomic E-state index is -0.225. The van der Waals surface area contributed by atoms with Crippen LogP contribution < -0.4 is 11.2 Å². The second-order valence-corrected chi connectivity index (χ2v) is 6.44. The molecule has 130 valence electrons. The van der Waals surface area contributed by atoms with E-state index in [0.717, 1.165) is 22.5 Å². The Labute approximate surface area is 150 Å². The van der Waals surface area contributed by atoms with Crippen molar-refractivity contribution in [3.8, 4) is 6.07 Å². The molecule has 2 N–H and O–H groups in total. The zero-order valence-electron chi connectivity index (χ0n) is 14.5. The van der Waals surface area contributed by atoms with E-state index in [1.807, 2.05) is 50.2 Å². The van der Waals surface area contributed by atoms with Gasteiger partial charge in [0.25, 0.3) is 0 Å². The number of aromatic amines is 1. The topological polar surface area (TPSA) is 82.8 Å². The van der Waals surface area contributed by atoms with Crippen molar-refractivity contribution in [2.75, 3.05) is 0 Å². The predicted molar refractivity (Wildman–Crippen MR) is 99.1 cm³/mol. The molecular weight excluding hydrogens is 328 g/mol. The van der Waals surface area contributed by atoms with Crippen molar-refractivity contribution in [1.82, 2.24) is 15.0 Å². The normalized spacial score (nSPS) is 16.7. The standard InChI is InChI=1S/C20H18N4O2/c1-12-18(13(2)26-23-12)15-8-16(10-21)19-17(9-15)24(20(25)22-19)11-14-6-4-3-5-7-14/h3-9,12,23H,11H2,1-2H3,(H,22,25). The van der Waals surface area contributed by atoms with Crippen LogP contribution in [0, 0.1) is 11.3 Å². The summed E-state index contributed by atoms with van der Waals surface area (Å²) in [6.07, 6.45) is 0. The molecule has 1 atom stereocenters. The summed E-state index contributed by atoms with van der Waals surface area (Å²) in [5.41, 5.74) is 7.32. The molecular formula is C20H18N4O2. The van der Waals surface area contributed by atoms with Crippen LogP contribution in [0.4, 0.5) is 0 Å². The molecule has 3 aromatic rings. The summed E-state index contributed by atoms with van der Waals surface area (Å²) < 4.78 is 1.67. The molecule has 1 aromatic heterocycles. The van der Waals surface area contributed by atoms with E-state index in [9.17, 15) is 10.1 Å². The van der Waals surface area contributed by atoms with Gasteiger partial charge in [0.15, 0.2) is 0 Å². The van der Waals surface area contributed by atoms with E-state index in [1.165, 1.54) is 0 Å². The lowest BCUT2D eigenvalue weighted by Crippen LogP contribution is -2.19. The predicted octanol–water partition coefficient (Wildman–Crippen LogP) is 2.90. The van der Waals surface area contributed by atoms with Crippen molar-refractivity contribution >= 4 is 16.6 Å². The van der Waals surface area contributed by atoms with E-state index in [0.29, 0.717) is 23.1 Å². The molecule has 0 saturated carbocycles. The fourth-order valence-corrected chi connectivity index (χ4v) is 3.47. The van der Waals surface area contributed by atoms with Crippen molar-refractivity contribution < 1.29 is 4.84 Å². The van der Waals surface area contributed by atoms with Crippen LogP contribution >= 0.6 is 0 Å². The highest BCUT2D eigenvalue weighted by Crippen LogP contribution is 2.31. The third-order valence-corrected chi connectivity index (χ3v) is 4.70. The Morgan fingerprint density at radius 1 is 1.27 bits per heavy atom. The van der Waals surface area contributed by atoms with Crippen LogP contribution in [0.25, 0.3) is 16.6 Å². The van der Waals surface area contributed by atoms with Crippen molar-refractivity contribution in [2.24, 2.45) is 0 Å². The van der Waals surface area contributed by atoms with Gasteiger partial charge < -0.3 is 9.82 Å². The Balaban J connectivity index is 1.93. The fourth-order valence-electron chi connectivity index (χ4n) is 3.47. The maximum Gasteiger partial charge on any atom is 0.326 e. The molecule has 2 aromatic carbocycles. The summed E-state index contributed by atoms with van der Waals surface area (Å²) in [5, 5.41) is 9.58. The van der Waals surface area contributed by atoms with Gasteiger partial charge in [-0.15, -0.1) is 5.48 Å². The number of imidazole rings is 1. The van der Waals surface area contributed by atoms with Crippen molar-refractivity contribution in [1.29, 1.82) is 5.26 Å². The van der Waals surface area contributed by atoms with Crippen LogP contribution in [-0.4, -0.2) is 15.6 Å². The Morgan fingerprint density at radius 3 is 2.69 bits per heavy atom. The highest BCUT2D eigenvalue weighted by Gasteiger charge is 2.24. The van der Waals surface area contributed by atoms with Crippen molar-refractivity contribution in [3.05, 3.63) is 75.4 Å². The van der Waals surface area contributed by atoms with E-state index < -0.39 is 0 Å². The first-order chi connectivity index (χ1) is 12.6. The lowest BCUT2D eigenvalue weighted by atomic mass is 9.97. The van der Waals surface area contributed by atoms with Gasteiger partial charge in [-0.25, -0.2) is 4.79 Å². The molecule has 26 heavy (non-hydrogen) atoms. The number of nitrogens with one attached hydrogen (secondary N) is 2. The van der Waals surface area contributed by atoms with Crippen molar-refractivity contribution in [3.63, 3.8) is 0 Å². The van der Waals surface area contributed by atoms with Crippen LogP contribution in [-0.2, 0) is 11.4 Å². The number of rotatable bonds is 3. The first-order valence-corrected chi connectivity index (χ1v) is 8.42. The van der Waals surface area contributed by atoms with Gasteiger partial charge in [0.2, 0.25) is 0 Å². The monoisotopic (exact) mass is 346 g/mol. The Morgan fingerprint density at radius 2 is 2.04 bits per heavy atom. The second kappa shape index (κ2) is 6.21. The van der Waals surface area contributed by atoms with E-state index >= 15 is 0 Å². The summed E-state index contributed by atoms with van der Waals surface area (Å²) in [5.74, 6) is 0.772. The largest absolute Gasteiger partial charge is 0.413 e.